The van der Waals surface area contributed by atoms with E-state index in [4.69, 9.17) is 9.84 Å². The highest BCUT2D eigenvalue weighted by molar-refractivity contribution is 6.04. The Bertz CT molecular complexity index is 984. The summed E-state index contributed by atoms with van der Waals surface area (Å²) in [5.74, 6) is 1.16. The molecule has 1 N–H and O–H groups in total. The summed E-state index contributed by atoms with van der Waals surface area (Å²) in [5, 5.41) is 17.1. The Labute approximate surface area is 152 Å². The van der Waals surface area contributed by atoms with Gasteiger partial charge in [0.05, 0.1) is 11.8 Å². The highest BCUT2D eigenvalue weighted by atomic mass is 16.5. The number of nitrogens with zero attached hydrogens (tertiary/aromatic N) is 2. The lowest BCUT2D eigenvalue weighted by Gasteiger charge is -2.38. The van der Waals surface area contributed by atoms with Gasteiger partial charge in [-0.1, -0.05) is 60.7 Å². The first kappa shape index (κ1) is 15.0. The van der Waals surface area contributed by atoms with Gasteiger partial charge in [0.2, 0.25) is 6.23 Å². The summed E-state index contributed by atoms with van der Waals surface area (Å²) < 4.78 is 6.30. The Hall–Kier alpha value is -3.27. The second kappa shape index (κ2) is 5.92. The van der Waals surface area contributed by atoms with Gasteiger partial charge in [-0.15, -0.1) is 0 Å². The second-order valence-electron chi connectivity index (χ2n) is 6.58. The van der Waals surface area contributed by atoms with E-state index in [9.17, 15) is 5.11 Å². The first-order valence-electron chi connectivity index (χ1n) is 8.76. The van der Waals surface area contributed by atoms with Crippen molar-refractivity contribution >= 4 is 5.71 Å². The summed E-state index contributed by atoms with van der Waals surface area (Å²) in [6.07, 6.45) is 0.459. The number of phenolic OH excluding ortho intramolecular Hbond substituents is 1. The third-order valence-electron chi connectivity index (χ3n) is 5.00. The predicted octanol–water partition coefficient (Wildman–Crippen LogP) is 4.63. The van der Waals surface area contributed by atoms with Crippen molar-refractivity contribution < 1.29 is 9.84 Å². The van der Waals surface area contributed by atoms with E-state index in [0.717, 1.165) is 34.6 Å². The monoisotopic (exact) mass is 342 g/mol. The lowest BCUT2D eigenvalue weighted by atomic mass is 9.95. The standard InChI is InChI=1S/C22H18N2O2/c25-20-12-6-4-10-16(20)18-14-19-17-11-5-7-13-21(17)26-22(24(19)23-18)15-8-2-1-3-9-15/h1-13,19,22,25H,14H2/t19-,22+/m0/s1. The molecule has 4 heteroatoms. The average molecular weight is 342 g/mol. The fourth-order valence-corrected chi connectivity index (χ4v) is 3.75. The summed E-state index contributed by atoms with van der Waals surface area (Å²) in [5.41, 5.74) is 3.86. The van der Waals surface area contributed by atoms with Crippen LogP contribution in [0.1, 0.15) is 35.4 Å². The molecule has 2 heterocycles. The van der Waals surface area contributed by atoms with Crippen LogP contribution < -0.4 is 4.74 Å². The van der Waals surface area contributed by atoms with Gasteiger partial charge < -0.3 is 9.84 Å². The molecule has 2 aliphatic heterocycles. The Morgan fingerprint density at radius 2 is 1.62 bits per heavy atom. The highest BCUT2D eigenvalue weighted by Crippen LogP contribution is 2.47. The van der Waals surface area contributed by atoms with Gasteiger partial charge in [-0.3, -0.25) is 0 Å². The number of fused-ring (bicyclic) bond motifs is 3. The minimum absolute atomic E-state index is 0.0970. The van der Waals surface area contributed by atoms with E-state index in [2.05, 4.69) is 18.2 Å². The van der Waals surface area contributed by atoms with Gasteiger partial charge in [-0.05, 0) is 18.2 Å². The van der Waals surface area contributed by atoms with Crippen molar-refractivity contribution in [3.8, 4) is 11.5 Å². The topological polar surface area (TPSA) is 45.1 Å². The molecular weight excluding hydrogens is 324 g/mol. The molecule has 5 rings (SSSR count). The lowest BCUT2D eigenvalue weighted by Crippen LogP contribution is -2.33. The van der Waals surface area contributed by atoms with Crippen molar-refractivity contribution in [2.75, 3.05) is 0 Å². The Morgan fingerprint density at radius 1 is 0.885 bits per heavy atom. The molecule has 0 aliphatic carbocycles. The number of ether oxygens (including phenoxy) is 1. The number of rotatable bonds is 2. The van der Waals surface area contributed by atoms with Crippen molar-refractivity contribution in [1.29, 1.82) is 0 Å². The van der Waals surface area contributed by atoms with Gasteiger partial charge in [-0.25, -0.2) is 5.01 Å². The van der Waals surface area contributed by atoms with E-state index < -0.39 is 0 Å². The van der Waals surface area contributed by atoms with Crippen LogP contribution >= 0.6 is 0 Å². The zero-order valence-electron chi connectivity index (χ0n) is 14.1. The molecule has 0 saturated carbocycles. The van der Waals surface area contributed by atoms with Crippen LogP contribution in [0.5, 0.6) is 11.5 Å². The minimum Gasteiger partial charge on any atom is -0.507 e. The van der Waals surface area contributed by atoms with E-state index in [1.165, 1.54) is 0 Å². The number of aromatic hydroxyl groups is 1. The Balaban J connectivity index is 1.62. The molecule has 0 saturated heterocycles. The maximum absolute atomic E-state index is 10.3. The third-order valence-corrected chi connectivity index (χ3v) is 5.00. The first-order valence-corrected chi connectivity index (χ1v) is 8.76. The molecular formula is C22H18N2O2. The molecule has 3 aromatic carbocycles. The van der Waals surface area contributed by atoms with Crippen molar-refractivity contribution in [3.05, 3.63) is 95.6 Å². The normalized spacial score (nSPS) is 20.8. The Morgan fingerprint density at radius 3 is 2.46 bits per heavy atom. The van der Waals surface area contributed by atoms with E-state index in [1.54, 1.807) is 6.07 Å². The molecule has 4 nitrogen and oxygen atoms in total. The van der Waals surface area contributed by atoms with Crippen molar-refractivity contribution in [1.82, 2.24) is 5.01 Å². The van der Waals surface area contributed by atoms with Gasteiger partial charge >= 0.3 is 0 Å². The smallest absolute Gasteiger partial charge is 0.213 e. The molecule has 2 aliphatic rings. The summed E-state index contributed by atoms with van der Waals surface area (Å²) in [6, 6.07) is 25.7. The number of benzene rings is 3. The van der Waals surface area contributed by atoms with Crippen molar-refractivity contribution in [2.24, 2.45) is 5.10 Å². The maximum Gasteiger partial charge on any atom is 0.213 e. The molecule has 26 heavy (non-hydrogen) atoms. The fourth-order valence-electron chi connectivity index (χ4n) is 3.75. The van der Waals surface area contributed by atoms with Crippen LogP contribution in [-0.2, 0) is 0 Å². The van der Waals surface area contributed by atoms with Crippen LogP contribution in [0.2, 0.25) is 0 Å². The van der Waals surface area contributed by atoms with Gasteiger partial charge in [-0.2, -0.15) is 5.10 Å². The lowest BCUT2D eigenvalue weighted by molar-refractivity contribution is -0.0190. The quantitative estimate of drug-likeness (QED) is 0.738. The summed E-state index contributed by atoms with van der Waals surface area (Å²) in [7, 11) is 0. The largest absolute Gasteiger partial charge is 0.507 e. The first-order chi connectivity index (χ1) is 12.8. The van der Waals surface area contributed by atoms with Crippen molar-refractivity contribution in [3.63, 3.8) is 0 Å². The average Bonchev–Trinajstić information content (AvgIpc) is 3.14. The summed E-state index contributed by atoms with van der Waals surface area (Å²) in [4.78, 5) is 0. The molecule has 128 valence electrons. The van der Waals surface area contributed by atoms with Crippen molar-refractivity contribution in [2.45, 2.75) is 18.7 Å². The number of hydrogen-bond acceptors (Lipinski definition) is 4. The Kier molecular flexibility index (Phi) is 3.42. The van der Waals surface area contributed by atoms with Crippen LogP contribution in [0.25, 0.3) is 0 Å². The molecule has 0 radical (unpaired) electrons. The van der Waals surface area contributed by atoms with Gasteiger partial charge in [0.1, 0.15) is 11.5 Å². The van der Waals surface area contributed by atoms with E-state index in [1.807, 2.05) is 59.6 Å². The molecule has 3 aromatic rings. The summed E-state index contributed by atoms with van der Waals surface area (Å²) >= 11 is 0. The van der Waals surface area contributed by atoms with Crippen LogP contribution in [0, 0.1) is 0 Å². The molecule has 0 aromatic heterocycles. The third kappa shape index (κ3) is 2.34. The minimum atomic E-state index is -0.278. The molecule has 0 spiro atoms. The zero-order valence-corrected chi connectivity index (χ0v) is 14.1. The molecule has 0 unspecified atom stereocenters. The molecule has 0 amide bonds. The van der Waals surface area contributed by atoms with Gasteiger partial charge in [0, 0.05) is 23.1 Å². The predicted molar refractivity (Wildman–Crippen MR) is 100 cm³/mol. The number of phenols is 1. The van der Waals surface area contributed by atoms with Crippen LogP contribution in [-0.4, -0.2) is 15.8 Å². The van der Waals surface area contributed by atoms with Gasteiger partial charge in [0.15, 0.2) is 0 Å². The van der Waals surface area contributed by atoms with E-state index in [0.29, 0.717) is 0 Å². The van der Waals surface area contributed by atoms with Gasteiger partial charge in [0.25, 0.3) is 0 Å². The van der Waals surface area contributed by atoms with Crippen LogP contribution in [0.15, 0.2) is 84.0 Å². The highest BCUT2D eigenvalue weighted by Gasteiger charge is 2.41. The molecule has 0 fully saturated rings. The number of hydrogen-bond donors (Lipinski definition) is 1. The van der Waals surface area contributed by atoms with Crippen LogP contribution in [0.3, 0.4) is 0 Å². The van der Waals surface area contributed by atoms with Crippen LogP contribution in [0.4, 0.5) is 0 Å². The fraction of sp³-hybridized carbons (Fsp3) is 0.136. The number of para-hydroxylation sites is 2. The summed E-state index contributed by atoms with van der Waals surface area (Å²) in [6.45, 7) is 0. The SMILES string of the molecule is Oc1ccccc1C1=NN2[C@@H](c3ccccc3)Oc3ccccc3[C@@H]2C1. The molecule has 2 atom stereocenters. The molecule has 0 bridgehead atoms. The zero-order chi connectivity index (χ0) is 17.5. The number of hydrazone groups is 1. The van der Waals surface area contributed by atoms with E-state index >= 15 is 0 Å². The second-order valence-corrected chi connectivity index (χ2v) is 6.58. The maximum atomic E-state index is 10.3. The van der Waals surface area contributed by atoms with E-state index in [-0.39, 0.29) is 18.0 Å².